The summed E-state index contributed by atoms with van der Waals surface area (Å²) in [4.78, 5) is -0.0122. The van der Waals surface area contributed by atoms with E-state index in [1.54, 1.807) is 36.4 Å². The van der Waals surface area contributed by atoms with E-state index in [-0.39, 0.29) is 10.6 Å². The van der Waals surface area contributed by atoms with Gasteiger partial charge in [0.15, 0.2) is 5.76 Å². The van der Waals surface area contributed by atoms with E-state index in [1.165, 1.54) is 20.3 Å². The van der Waals surface area contributed by atoms with Crippen LogP contribution in [0.4, 0.5) is 5.69 Å². The molecular weight excluding hydrogens is 368 g/mol. The van der Waals surface area contributed by atoms with E-state index in [4.69, 9.17) is 14.0 Å². The van der Waals surface area contributed by atoms with Crippen molar-refractivity contribution in [3.05, 3.63) is 53.7 Å². The minimum Gasteiger partial charge on any atom is -0.495 e. The highest BCUT2D eigenvalue weighted by atomic mass is 32.2. The number of nitrogens with zero attached hydrogens (tertiary/aromatic N) is 1. The highest BCUT2D eigenvalue weighted by Crippen LogP contribution is 2.34. The average Bonchev–Trinajstić information content (AvgIpc) is 3.00. The van der Waals surface area contributed by atoms with Crippen molar-refractivity contribution < 1.29 is 22.4 Å². The van der Waals surface area contributed by atoms with Crippen molar-refractivity contribution in [1.82, 2.24) is 5.16 Å². The number of hydrogen-bond acceptors (Lipinski definition) is 6. The normalized spacial score (nSPS) is 11.3. The molecule has 0 saturated heterocycles. The second-order valence-electron chi connectivity index (χ2n) is 5.89. The van der Waals surface area contributed by atoms with Crippen LogP contribution in [0.2, 0.25) is 0 Å². The summed E-state index contributed by atoms with van der Waals surface area (Å²) in [6.07, 6.45) is 0. The molecule has 1 heterocycles. The first-order chi connectivity index (χ1) is 12.9. The van der Waals surface area contributed by atoms with Gasteiger partial charge in [-0.3, -0.25) is 4.72 Å². The molecule has 3 rings (SSSR count). The molecular formula is C19H20N2O5S. The minimum atomic E-state index is -3.94. The molecule has 8 heteroatoms. The van der Waals surface area contributed by atoms with E-state index in [9.17, 15) is 8.42 Å². The first kappa shape index (κ1) is 18.8. The molecule has 1 N–H and O–H groups in total. The Balaban J connectivity index is 2.08. The van der Waals surface area contributed by atoms with Gasteiger partial charge in [0.1, 0.15) is 16.4 Å². The Labute approximate surface area is 158 Å². The zero-order chi connectivity index (χ0) is 19.6. The molecule has 0 aliphatic rings. The van der Waals surface area contributed by atoms with E-state index in [0.29, 0.717) is 22.8 Å². The van der Waals surface area contributed by atoms with Crippen LogP contribution in [0.15, 0.2) is 51.9 Å². The lowest BCUT2D eigenvalue weighted by molar-refractivity contribution is 0.402. The van der Waals surface area contributed by atoms with Crippen molar-refractivity contribution in [3.8, 4) is 22.8 Å². The molecule has 2 aromatic carbocycles. The second kappa shape index (κ2) is 7.32. The molecule has 0 radical (unpaired) electrons. The molecule has 0 saturated carbocycles. The number of hydrogen-bond donors (Lipinski definition) is 1. The maximum Gasteiger partial charge on any atom is 0.265 e. The van der Waals surface area contributed by atoms with Crippen LogP contribution < -0.4 is 14.2 Å². The summed E-state index contributed by atoms with van der Waals surface area (Å²) in [7, 11) is -1.05. The molecule has 7 nitrogen and oxygen atoms in total. The van der Waals surface area contributed by atoms with Crippen LogP contribution in [-0.2, 0) is 10.0 Å². The number of nitrogens with one attached hydrogen (secondary N) is 1. The van der Waals surface area contributed by atoms with E-state index >= 15 is 0 Å². The van der Waals surface area contributed by atoms with Crippen LogP contribution in [-0.4, -0.2) is 27.8 Å². The van der Waals surface area contributed by atoms with E-state index in [2.05, 4.69) is 9.88 Å². The van der Waals surface area contributed by atoms with Crippen molar-refractivity contribution in [3.63, 3.8) is 0 Å². The van der Waals surface area contributed by atoms with Gasteiger partial charge < -0.3 is 14.0 Å². The van der Waals surface area contributed by atoms with Crippen LogP contribution in [0.25, 0.3) is 11.3 Å². The molecule has 0 fully saturated rings. The molecule has 0 spiro atoms. The predicted octanol–water partition coefficient (Wildman–Crippen LogP) is 3.78. The van der Waals surface area contributed by atoms with Crippen LogP contribution in [0, 0.1) is 13.8 Å². The van der Waals surface area contributed by atoms with Gasteiger partial charge in [0.25, 0.3) is 10.0 Å². The number of anilines is 1. The number of benzene rings is 2. The monoisotopic (exact) mass is 388 g/mol. The SMILES string of the molecule is COc1ccccc1NS(=O)(=O)c1cc(-c2onc(C)c2C)ccc1OC. The Hall–Kier alpha value is -3.00. The van der Waals surface area contributed by atoms with Gasteiger partial charge in [0.2, 0.25) is 0 Å². The molecule has 1 aromatic heterocycles. The van der Waals surface area contributed by atoms with E-state index in [0.717, 1.165) is 11.3 Å². The van der Waals surface area contributed by atoms with Gasteiger partial charge in [-0.25, -0.2) is 8.42 Å². The average molecular weight is 388 g/mol. The maximum absolute atomic E-state index is 13.0. The van der Waals surface area contributed by atoms with E-state index < -0.39 is 10.0 Å². The quantitative estimate of drug-likeness (QED) is 0.691. The number of sulfonamides is 1. The molecule has 0 aliphatic heterocycles. The molecule has 0 bridgehead atoms. The summed E-state index contributed by atoms with van der Waals surface area (Å²) < 4.78 is 44.4. The third-order valence-electron chi connectivity index (χ3n) is 4.22. The summed E-state index contributed by atoms with van der Waals surface area (Å²) in [5.41, 5.74) is 2.52. The highest BCUT2D eigenvalue weighted by Gasteiger charge is 2.23. The van der Waals surface area contributed by atoms with Gasteiger partial charge in [-0.05, 0) is 44.2 Å². The van der Waals surface area contributed by atoms with Gasteiger partial charge in [0.05, 0.1) is 25.6 Å². The third kappa shape index (κ3) is 3.61. The Morgan fingerprint density at radius 3 is 2.33 bits per heavy atom. The lowest BCUT2D eigenvalue weighted by atomic mass is 10.1. The predicted molar refractivity (Wildman–Crippen MR) is 102 cm³/mol. The molecule has 3 aromatic rings. The maximum atomic E-state index is 13.0. The molecule has 0 amide bonds. The van der Waals surface area contributed by atoms with Gasteiger partial charge >= 0.3 is 0 Å². The van der Waals surface area contributed by atoms with Gasteiger partial charge in [-0.15, -0.1) is 0 Å². The Morgan fingerprint density at radius 1 is 1.00 bits per heavy atom. The number of rotatable bonds is 6. The molecule has 0 atom stereocenters. The molecule has 27 heavy (non-hydrogen) atoms. The Kier molecular flexibility index (Phi) is 5.09. The first-order valence-electron chi connectivity index (χ1n) is 8.14. The summed E-state index contributed by atoms with van der Waals surface area (Å²) in [6.45, 7) is 3.69. The van der Waals surface area contributed by atoms with Gasteiger partial charge in [-0.1, -0.05) is 17.3 Å². The number of methoxy groups -OCH3 is 2. The number of aryl methyl sites for hydroxylation is 1. The zero-order valence-corrected chi connectivity index (χ0v) is 16.3. The van der Waals surface area contributed by atoms with Gasteiger partial charge in [-0.2, -0.15) is 0 Å². The first-order valence-corrected chi connectivity index (χ1v) is 9.63. The zero-order valence-electron chi connectivity index (χ0n) is 15.4. The summed E-state index contributed by atoms with van der Waals surface area (Å²) in [5, 5.41) is 3.93. The molecule has 142 valence electrons. The molecule has 0 aliphatic carbocycles. The van der Waals surface area contributed by atoms with Crippen LogP contribution in [0.3, 0.4) is 0 Å². The second-order valence-corrected chi connectivity index (χ2v) is 7.54. The van der Waals surface area contributed by atoms with Crippen LogP contribution in [0.5, 0.6) is 11.5 Å². The topological polar surface area (TPSA) is 90.7 Å². The lowest BCUT2D eigenvalue weighted by Gasteiger charge is -2.14. The van der Waals surface area contributed by atoms with Crippen molar-refractivity contribution in [1.29, 1.82) is 0 Å². The Morgan fingerprint density at radius 2 is 1.70 bits per heavy atom. The summed E-state index contributed by atoms with van der Waals surface area (Å²) >= 11 is 0. The van der Waals surface area contributed by atoms with E-state index in [1.807, 2.05) is 13.8 Å². The summed E-state index contributed by atoms with van der Waals surface area (Å²) in [5.74, 6) is 1.15. The fraction of sp³-hybridized carbons (Fsp3) is 0.211. The number of aromatic nitrogens is 1. The van der Waals surface area contributed by atoms with Crippen LogP contribution >= 0.6 is 0 Å². The highest BCUT2D eigenvalue weighted by molar-refractivity contribution is 7.92. The fourth-order valence-electron chi connectivity index (χ4n) is 2.64. The van der Waals surface area contributed by atoms with Crippen molar-refractivity contribution >= 4 is 15.7 Å². The smallest absolute Gasteiger partial charge is 0.265 e. The summed E-state index contributed by atoms with van der Waals surface area (Å²) in [6, 6.07) is 11.6. The number of ether oxygens (including phenoxy) is 2. The van der Waals surface area contributed by atoms with Gasteiger partial charge in [0, 0.05) is 11.1 Å². The lowest BCUT2D eigenvalue weighted by Crippen LogP contribution is -2.15. The Bertz CT molecular complexity index is 1070. The van der Waals surface area contributed by atoms with Crippen molar-refractivity contribution in [2.24, 2.45) is 0 Å². The standard InChI is InChI=1S/C19H20N2O5S/c1-12-13(2)20-26-19(12)14-9-10-17(25-4)18(11-14)27(22,23)21-15-7-5-6-8-16(15)24-3/h5-11,21H,1-4H3. The van der Waals surface area contributed by atoms with Crippen LogP contribution in [0.1, 0.15) is 11.3 Å². The third-order valence-corrected chi connectivity index (χ3v) is 5.61. The minimum absolute atomic E-state index is 0.0122. The fourth-order valence-corrected chi connectivity index (χ4v) is 3.91. The van der Waals surface area contributed by atoms with Crippen molar-refractivity contribution in [2.45, 2.75) is 18.7 Å². The largest absolute Gasteiger partial charge is 0.495 e. The molecule has 0 unspecified atom stereocenters. The number of para-hydroxylation sites is 2. The van der Waals surface area contributed by atoms with Crippen molar-refractivity contribution in [2.75, 3.05) is 18.9 Å².